The highest BCUT2D eigenvalue weighted by molar-refractivity contribution is 5.92. The number of fused-ring (bicyclic) bond motifs is 1. The van der Waals surface area contributed by atoms with Gasteiger partial charge in [0.25, 0.3) is 0 Å². The summed E-state index contributed by atoms with van der Waals surface area (Å²) < 4.78 is 0. The molecule has 1 aromatic carbocycles. The van der Waals surface area contributed by atoms with Crippen LogP contribution >= 0.6 is 0 Å². The van der Waals surface area contributed by atoms with E-state index < -0.39 is 0 Å². The molecule has 0 radical (unpaired) electrons. The minimum Gasteiger partial charge on any atom is -0.309 e. The van der Waals surface area contributed by atoms with Crippen LogP contribution in [0.5, 0.6) is 0 Å². The van der Waals surface area contributed by atoms with E-state index in [1.54, 1.807) is 6.20 Å². The molecule has 1 aliphatic rings. The highest BCUT2D eigenvalue weighted by Gasteiger charge is 2.17. The van der Waals surface area contributed by atoms with Gasteiger partial charge in [-0.05, 0) is 57.1 Å². The Morgan fingerprint density at radius 1 is 1.21 bits per heavy atom. The number of piperidine rings is 1. The first-order valence-corrected chi connectivity index (χ1v) is 10.1. The van der Waals surface area contributed by atoms with Crippen molar-refractivity contribution in [1.29, 1.82) is 0 Å². The van der Waals surface area contributed by atoms with Crippen LogP contribution in [0.4, 0.5) is 5.82 Å². The van der Waals surface area contributed by atoms with Gasteiger partial charge in [-0.25, -0.2) is 0 Å². The van der Waals surface area contributed by atoms with Crippen molar-refractivity contribution in [2.24, 2.45) is 5.92 Å². The lowest BCUT2D eigenvalue weighted by molar-refractivity contribution is -0.119. The molecule has 1 fully saturated rings. The summed E-state index contributed by atoms with van der Waals surface area (Å²) in [5.41, 5.74) is 2.86. The van der Waals surface area contributed by atoms with Crippen LogP contribution in [0.15, 0.2) is 42.6 Å². The predicted octanol–water partition coefficient (Wildman–Crippen LogP) is 4.08. The Hall–Kier alpha value is -2.73. The number of hydrogen-bond acceptors (Lipinski definition) is 4. The number of nitrogens with zero attached hydrogens (tertiary/aromatic N) is 3. The number of nitrogens with one attached hydrogen (secondary N) is 2. The minimum atomic E-state index is -0.0335. The van der Waals surface area contributed by atoms with Crippen molar-refractivity contribution in [2.45, 2.75) is 32.6 Å². The molecule has 0 bridgehead atoms. The van der Waals surface area contributed by atoms with Crippen molar-refractivity contribution >= 4 is 22.6 Å². The smallest absolute Gasteiger partial charge is 0.228 e. The number of likely N-dealkylation sites (tertiary alicyclic amines) is 1. The second kappa shape index (κ2) is 8.52. The van der Waals surface area contributed by atoms with Gasteiger partial charge in [-0.15, -0.1) is 0 Å². The molecule has 2 aromatic heterocycles. The van der Waals surface area contributed by atoms with Crippen LogP contribution in [-0.4, -0.2) is 45.6 Å². The van der Waals surface area contributed by atoms with Crippen LogP contribution in [-0.2, 0) is 4.79 Å². The molecule has 6 heteroatoms. The first-order chi connectivity index (χ1) is 13.7. The van der Waals surface area contributed by atoms with Gasteiger partial charge in [0, 0.05) is 29.1 Å². The van der Waals surface area contributed by atoms with Gasteiger partial charge < -0.3 is 10.2 Å². The van der Waals surface area contributed by atoms with Gasteiger partial charge in [-0.1, -0.05) is 25.5 Å². The lowest BCUT2D eigenvalue weighted by Crippen LogP contribution is -2.33. The molecule has 4 rings (SSSR count). The Bertz CT molecular complexity index is 945. The summed E-state index contributed by atoms with van der Waals surface area (Å²) in [6.07, 6.45) is 6.56. The Morgan fingerprint density at radius 3 is 2.93 bits per heavy atom. The summed E-state index contributed by atoms with van der Waals surface area (Å²) in [5, 5.41) is 11.3. The van der Waals surface area contributed by atoms with E-state index in [9.17, 15) is 4.79 Å². The van der Waals surface area contributed by atoms with Crippen LogP contribution in [0.25, 0.3) is 22.2 Å². The number of aromatic amines is 1. The standard InChI is InChI=1S/C22H27N5O/c1-16(9-13-27-11-3-2-4-12-27)22(28)24-21-15-20(25-26-21)18-7-8-19-17(14-18)6-5-10-23-19/h5-8,10,14-16H,2-4,9,11-13H2,1H3,(H2,24,25,26,28). The van der Waals surface area contributed by atoms with Crippen molar-refractivity contribution in [3.8, 4) is 11.3 Å². The van der Waals surface area contributed by atoms with E-state index in [4.69, 9.17) is 0 Å². The summed E-state index contributed by atoms with van der Waals surface area (Å²) in [6, 6.07) is 11.9. The van der Waals surface area contributed by atoms with E-state index in [2.05, 4.69) is 31.5 Å². The summed E-state index contributed by atoms with van der Waals surface area (Å²) >= 11 is 0. The maximum Gasteiger partial charge on any atom is 0.228 e. The zero-order valence-corrected chi connectivity index (χ0v) is 16.3. The number of carbonyl (C=O) groups is 1. The molecule has 0 spiro atoms. The van der Waals surface area contributed by atoms with Crippen molar-refractivity contribution in [1.82, 2.24) is 20.1 Å². The third-order valence-electron chi connectivity index (χ3n) is 5.52. The Labute approximate surface area is 165 Å². The van der Waals surface area contributed by atoms with Gasteiger partial charge >= 0.3 is 0 Å². The number of carbonyl (C=O) groups excluding carboxylic acids is 1. The normalized spacial score (nSPS) is 16.2. The number of H-pyrrole nitrogens is 1. The quantitative estimate of drug-likeness (QED) is 0.679. The monoisotopic (exact) mass is 377 g/mol. The van der Waals surface area contributed by atoms with Gasteiger partial charge in [0.15, 0.2) is 5.82 Å². The second-order valence-corrected chi connectivity index (χ2v) is 7.66. The average Bonchev–Trinajstić information content (AvgIpc) is 3.21. The first kappa shape index (κ1) is 18.6. The molecule has 1 amide bonds. The minimum absolute atomic E-state index is 0.0257. The Balaban J connectivity index is 1.36. The molecule has 0 aliphatic carbocycles. The van der Waals surface area contributed by atoms with Gasteiger partial charge in [0.2, 0.25) is 5.91 Å². The third kappa shape index (κ3) is 4.39. The maximum absolute atomic E-state index is 12.5. The molecule has 28 heavy (non-hydrogen) atoms. The number of hydrogen-bond donors (Lipinski definition) is 2. The summed E-state index contributed by atoms with van der Waals surface area (Å²) in [4.78, 5) is 19.3. The highest BCUT2D eigenvalue weighted by atomic mass is 16.1. The summed E-state index contributed by atoms with van der Waals surface area (Å²) in [5.74, 6) is 0.558. The van der Waals surface area contributed by atoms with Gasteiger partial charge in [-0.2, -0.15) is 5.10 Å². The van der Waals surface area contributed by atoms with Crippen LogP contribution in [0.1, 0.15) is 32.6 Å². The van der Waals surface area contributed by atoms with Gasteiger partial charge in [0.1, 0.15) is 0 Å². The fraction of sp³-hybridized carbons (Fsp3) is 0.409. The van der Waals surface area contributed by atoms with Crippen molar-refractivity contribution in [2.75, 3.05) is 25.0 Å². The lowest BCUT2D eigenvalue weighted by atomic mass is 10.1. The summed E-state index contributed by atoms with van der Waals surface area (Å²) in [6.45, 7) is 5.31. The maximum atomic E-state index is 12.5. The summed E-state index contributed by atoms with van der Waals surface area (Å²) in [7, 11) is 0. The largest absolute Gasteiger partial charge is 0.309 e. The molecule has 3 heterocycles. The molecule has 1 atom stereocenters. The topological polar surface area (TPSA) is 73.9 Å². The molecule has 1 saturated heterocycles. The fourth-order valence-electron chi connectivity index (χ4n) is 3.72. The molecule has 2 N–H and O–H groups in total. The van der Waals surface area contributed by atoms with E-state index in [0.717, 1.165) is 35.1 Å². The number of pyridine rings is 1. The molecule has 0 saturated carbocycles. The SMILES string of the molecule is CC(CCN1CCCCC1)C(=O)Nc1cc(-c2ccc3ncccc3c2)[nH]n1. The number of amides is 1. The molecule has 1 aliphatic heterocycles. The molecular weight excluding hydrogens is 350 g/mol. The van der Waals surface area contributed by atoms with Gasteiger partial charge in [-0.3, -0.25) is 14.9 Å². The first-order valence-electron chi connectivity index (χ1n) is 10.1. The zero-order chi connectivity index (χ0) is 19.3. The van der Waals surface area contributed by atoms with Crippen LogP contribution in [0, 0.1) is 5.92 Å². The van der Waals surface area contributed by atoms with E-state index in [-0.39, 0.29) is 11.8 Å². The third-order valence-corrected chi connectivity index (χ3v) is 5.52. The Kier molecular flexibility index (Phi) is 5.67. The lowest BCUT2D eigenvalue weighted by Gasteiger charge is -2.27. The molecule has 6 nitrogen and oxygen atoms in total. The average molecular weight is 377 g/mol. The molecule has 146 valence electrons. The van der Waals surface area contributed by atoms with Crippen molar-refractivity contribution in [3.05, 3.63) is 42.6 Å². The number of benzene rings is 1. The van der Waals surface area contributed by atoms with Crippen molar-refractivity contribution < 1.29 is 4.79 Å². The molecule has 3 aromatic rings. The Morgan fingerprint density at radius 2 is 2.07 bits per heavy atom. The number of anilines is 1. The second-order valence-electron chi connectivity index (χ2n) is 7.66. The van der Waals surface area contributed by atoms with Crippen LogP contribution in [0.3, 0.4) is 0 Å². The van der Waals surface area contributed by atoms with E-state index in [1.165, 1.54) is 32.4 Å². The number of aromatic nitrogens is 3. The van der Waals surface area contributed by atoms with Crippen LogP contribution < -0.4 is 5.32 Å². The predicted molar refractivity (Wildman–Crippen MR) is 112 cm³/mol. The number of rotatable bonds is 6. The molecular formula is C22H27N5O. The van der Waals surface area contributed by atoms with Crippen LogP contribution in [0.2, 0.25) is 0 Å². The zero-order valence-electron chi connectivity index (χ0n) is 16.3. The fourth-order valence-corrected chi connectivity index (χ4v) is 3.72. The van der Waals surface area contributed by atoms with E-state index in [0.29, 0.717) is 5.82 Å². The van der Waals surface area contributed by atoms with E-state index >= 15 is 0 Å². The van der Waals surface area contributed by atoms with Gasteiger partial charge in [0.05, 0.1) is 11.2 Å². The van der Waals surface area contributed by atoms with E-state index in [1.807, 2.05) is 37.3 Å². The highest BCUT2D eigenvalue weighted by Crippen LogP contribution is 2.24. The molecule has 1 unspecified atom stereocenters. The van der Waals surface area contributed by atoms with Crippen molar-refractivity contribution in [3.63, 3.8) is 0 Å².